The van der Waals surface area contributed by atoms with E-state index < -0.39 is 0 Å². The van der Waals surface area contributed by atoms with Crippen LogP contribution in [0.1, 0.15) is 56.9 Å². The highest BCUT2D eigenvalue weighted by Gasteiger charge is 2.25. The van der Waals surface area contributed by atoms with Gasteiger partial charge in [0.2, 0.25) is 5.06 Å². The summed E-state index contributed by atoms with van der Waals surface area (Å²) < 4.78 is 10.6. The molecule has 0 unspecified atom stereocenters. The second-order valence-corrected chi connectivity index (χ2v) is 9.34. The number of rotatable bonds is 4. The quantitative estimate of drug-likeness (QED) is 0.422. The van der Waals surface area contributed by atoms with Gasteiger partial charge < -0.3 is 9.64 Å². The number of hydrogen-bond acceptors (Lipinski definition) is 4. The third-order valence-corrected chi connectivity index (χ3v) is 5.95. The summed E-state index contributed by atoms with van der Waals surface area (Å²) in [5.74, 6) is 0.801. The van der Waals surface area contributed by atoms with E-state index >= 15 is 0 Å². The van der Waals surface area contributed by atoms with E-state index in [1.54, 1.807) is 0 Å². The molecule has 0 saturated carbocycles. The Morgan fingerprint density at radius 3 is 2.48 bits per heavy atom. The average Bonchev–Trinajstić information content (AvgIpc) is 2.98. The first-order chi connectivity index (χ1) is 12.8. The Hall–Kier alpha value is -1.59. The van der Waals surface area contributed by atoms with Crippen LogP contribution in [0.3, 0.4) is 0 Å². The molecule has 6 heteroatoms. The second kappa shape index (κ2) is 8.19. The maximum absolute atomic E-state index is 6.51. The molecule has 1 fully saturated rings. The van der Waals surface area contributed by atoms with Gasteiger partial charge in [0.05, 0.1) is 17.7 Å². The summed E-state index contributed by atoms with van der Waals surface area (Å²) >= 11 is 7.82. The van der Waals surface area contributed by atoms with E-state index in [-0.39, 0.29) is 5.41 Å². The minimum atomic E-state index is -0.104. The Labute approximate surface area is 171 Å². The van der Waals surface area contributed by atoms with E-state index in [1.165, 1.54) is 30.8 Å². The molecule has 0 bridgehead atoms. The van der Waals surface area contributed by atoms with Crippen molar-refractivity contribution in [3.8, 4) is 10.8 Å². The summed E-state index contributed by atoms with van der Waals surface area (Å²) in [6.45, 7) is 12.6. The largest absolute Gasteiger partial charge is 0.443 e. The fourth-order valence-corrected chi connectivity index (χ4v) is 4.46. The van der Waals surface area contributed by atoms with E-state index in [4.69, 9.17) is 21.3 Å². The van der Waals surface area contributed by atoms with Crippen molar-refractivity contribution in [2.75, 3.05) is 13.1 Å². The number of hydrogen-bond donors (Lipinski definition) is 0. The molecule has 0 amide bonds. The van der Waals surface area contributed by atoms with Crippen LogP contribution in [-0.4, -0.2) is 28.7 Å². The summed E-state index contributed by atoms with van der Waals surface area (Å²) in [5.41, 5.74) is 3.87. The van der Waals surface area contributed by atoms with Crippen molar-refractivity contribution in [3.05, 3.63) is 34.0 Å². The van der Waals surface area contributed by atoms with Gasteiger partial charge in [0, 0.05) is 30.0 Å². The number of aromatic nitrogens is 1. The molecular weight excluding hydrogens is 378 g/mol. The van der Waals surface area contributed by atoms with Crippen molar-refractivity contribution in [1.82, 2.24) is 9.27 Å². The number of ether oxygens (including phenoxy) is 1. The highest BCUT2D eigenvalue weighted by molar-refractivity contribution is 7.08. The number of nitrogens with zero attached hydrogens (tertiary/aromatic N) is 3. The Bertz CT molecular complexity index is 833. The Balaban J connectivity index is 1.79. The topological polar surface area (TPSA) is 37.7 Å². The van der Waals surface area contributed by atoms with Crippen LogP contribution in [0.2, 0.25) is 5.02 Å². The zero-order valence-corrected chi connectivity index (χ0v) is 18.4. The lowest BCUT2D eigenvalue weighted by atomic mass is 9.92. The van der Waals surface area contributed by atoms with Crippen LogP contribution >= 0.6 is 23.1 Å². The molecule has 2 aromatic rings. The van der Waals surface area contributed by atoms with E-state index in [0.29, 0.717) is 10.1 Å². The molecule has 0 atom stereocenters. The van der Waals surface area contributed by atoms with Crippen LogP contribution in [0.25, 0.3) is 0 Å². The van der Waals surface area contributed by atoms with Crippen LogP contribution in [-0.2, 0) is 5.41 Å². The summed E-state index contributed by atoms with van der Waals surface area (Å²) in [7, 11) is 0. The van der Waals surface area contributed by atoms with Gasteiger partial charge in [-0.2, -0.15) is 4.37 Å². The smallest absolute Gasteiger partial charge is 0.219 e. The molecule has 1 aromatic carbocycles. The van der Waals surface area contributed by atoms with E-state index in [1.807, 2.05) is 19.3 Å². The second-order valence-electron chi connectivity index (χ2n) is 8.23. The molecule has 4 nitrogen and oxygen atoms in total. The van der Waals surface area contributed by atoms with Gasteiger partial charge in [-0.05, 0) is 56.4 Å². The maximum Gasteiger partial charge on any atom is 0.219 e. The Morgan fingerprint density at radius 1 is 1.15 bits per heavy atom. The number of likely N-dealkylation sites (tertiary alicyclic amines) is 1. The summed E-state index contributed by atoms with van der Waals surface area (Å²) in [6, 6.07) is 4.11. The number of aliphatic imine (C=N–C) groups is 1. The predicted molar refractivity (Wildman–Crippen MR) is 115 cm³/mol. The lowest BCUT2D eigenvalue weighted by Gasteiger charge is -2.23. The zero-order chi connectivity index (χ0) is 19.6. The molecule has 0 radical (unpaired) electrons. The van der Waals surface area contributed by atoms with E-state index in [9.17, 15) is 0 Å². The first-order valence-corrected chi connectivity index (χ1v) is 10.6. The van der Waals surface area contributed by atoms with Crippen LogP contribution in [0.5, 0.6) is 10.8 Å². The fraction of sp³-hybridized carbons (Fsp3) is 0.524. The zero-order valence-electron chi connectivity index (χ0n) is 16.8. The molecule has 1 saturated heterocycles. The SMILES string of the molecule is Cc1cc(Oc2snc(C(C)(C)C)c2Cl)c(C)cc1/N=C/N1CCCCC1. The Kier molecular flexibility index (Phi) is 6.11. The van der Waals surface area contributed by atoms with E-state index in [2.05, 4.69) is 43.0 Å². The first-order valence-electron chi connectivity index (χ1n) is 9.48. The molecule has 0 N–H and O–H groups in total. The monoisotopic (exact) mass is 405 g/mol. The number of aryl methyl sites for hydroxylation is 2. The molecule has 1 aliphatic heterocycles. The molecule has 0 aliphatic carbocycles. The van der Waals surface area contributed by atoms with Gasteiger partial charge in [0.1, 0.15) is 10.8 Å². The number of piperidine rings is 1. The van der Waals surface area contributed by atoms with Crippen molar-refractivity contribution in [2.24, 2.45) is 4.99 Å². The molecule has 27 heavy (non-hydrogen) atoms. The highest BCUT2D eigenvalue weighted by atomic mass is 35.5. The van der Waals surface area contributed by atoms with Gasteiger partial charge in [-0.3, -0.25) is 0 Å². The van der Waals surface area contributed by atoms with Crippen LogP contribution < -0.4 is 4.74 Å². The minimum Gasteiger partial charge on any atom is -0.443 e. The Morgan fingerprint density at radius 2 is 1.85 bits per heavy atom. The summed E-state index contributed by atoms with van der Waals surface area (Å²) in [4.78, 5) is 7.00. The number of benzene rings is 1. The molecule has 0 spiro atoms. The van der Waals surface area contributed by atoms with Crippen LogP contribution in [0.4, 0.5) is 5.69 Å². The molecule has 146 valence electrons. The van der Waals surface area contributed by atoms with Gasteiger partial charge >= 0.3 is 0 Å². The molecule has 1 aromatic heterocycles. The van der Waals surface area contributed by atoms with Gasteiger partial charge in [-0.1, -0.05) is 32.4 Å². The average molecular weight is 406 g/mol. The van der Waals surface area contributed by atoms with Gasteiger partial charge in [-0.15, -0.1) is 0 Å². The van der Waals surface area contributed by atoms with Crippen LogP contribution in [0, 0.1) is 13.8 Å². The van der Waals surface area contributed by atoms with Crippen molar-refractivity contribution in [1.29, 1.82) is 0 Å². The standard InChI is InChI=1S/C21H28ClN3OS/c1-14-12-17(26-20-18(22)19(24-27-20)21(3,4)5)15(2)11-16(14)23-13-25-9-7-6-8-10-25/h11-13H,6-10H2,1-5H3/b23-13+. The molecule has 1 aliphatic rings. The molecular formula is C21H28ClN3OS. The normalized spacial score (nSPS) is 15.6. The highest BCUT2D eigenvalue weighted by Crippen LogP contribution is 2.42. The third kappa shape index (κ3) is 4.82. The van der Waals surface area contributed by atoms with Gasteiger partial charge in [0.15, 0.2) is 0 Å². The van der Waals surface area contributed by atoms with Gasteiger partial charge in [-0.25, -0.2) is 4.99 Å². The van der Waals surface area contributed by atoms with Crippen molar-refractivity contribution < 1.29 is 4.74 Å². The first kappa shape index (κ1) is 20.2. The lowest BCUT2D eigenvalue weighted by molar-refractivity contribution is 0.351. The van der Waals surface area contributed by atoms with Crippen molar-refractivity contribution in [2.45, 2.75) is 59.3 Å². The number of halogens is 1. The van der Waals surface area contributed by atoms with Crippen molar-refractivity contribution in [3.63, 3.8) is 0 Å². The molecule has 2 heterocycles. The summed E-state index contributed by atoms with van der Waals surface area (Å²) in [5, 5.41) is 1.26. The van der Waals surface area contributed by atoms with Crippen LogP contribution in [0.15, 0.2) is 17.1 Å². The van der Waals surface area contributed by atoms with Crippen molar-refractivity contribution >= 4 is 35.2 Å². The predicted octanol–water partition coefficient (Wildman–Crippen LogP) is 6.65. The third-order valence-electron chi connectivity index (χ3n) is 4.76. The van der Waals surface area contributed by atoms with Gasteiger partial charge in [0.25, 0.3) is 0 Å². The lowest BCUT2D eigenvalue weighted by Crippen LogP contribution is -2.28. The fourth-order valence-electron chi connectivity index (χ4n) is 3.09. The minimum absolute atomic E-state index is 0.104. The maximum atomic E-state index is 6.51. The van der Waals surface area contributed by atoms with E-state index in [0.717, 1.165) is 41.3 Å². The summed E-state index contributed by atoms with van der Waals surface area (Å²) in [6.07, 6.45) is 5.81. The molecule has 3 rings (SSSR count).